The van der Waals surface area contributed by atoms with Crippen LogP contribution in [0.5, 0.6) is 5.75 Å². The summed E-state index contributed by atoms with van der Waals surface area (Å²) in [5.74, 6) is 0.612. The number of aromatic nitrogens is 1. The quantitative estimate of drug-likeness (QED) is 0.688. The first-order valence-corrected chi connectivity index (χ1v) is 10.1. The average Bonchev–Trinajstić information content (AvgIpc) is 3.15. The molecule has 7 heteroatoms. The SMILES string of the molecule is COc1ccc(S(=O)(=O)NC(Cc2ccsc2)c2cccnc2)cc1. The number of sulfonamides is 1. The highest BCUT2D eigenvalue weighted by Gasteiger charge is 2.22. The van der Waals surface area contributed by atoms with Crippen LogP contribution >= 0.6 is 11.3 Å². The monoisotopic (exact) mass is 374 g/mol. The Morgan fingerprint density at radius 3 is 2.60 bits per heavy atom. The zero-order valence-electron chi connectivity index (χ0n) is 13.6. The van der Waals surface area contributed by atoms with Crippen molar-refractivity contribution in [1.29, 1.82) is 0 Å². The Morgan fingerprint density at radius 2 is 2.00 bits per heavy atom. The van der Waals surface area contributed by atoms with E-state index in [-0.39, 0.29) is 4.90 Å². The highest BCUT2D eigenvalue weighted by Crippen LogP contribution is 2.23. The molecule has 130 valence electrons. The smallest absolute Gasteiger partial charge is 0.241 e. The van der Waals surface area contributed by atoms with Crippen molar-refractivity contribution in [2.75, 3.05) is 7.11 Å². The van der Waals surface area contributed by atoms with Gasteiger partial charge >= 0.3 is 0 Å². The third kappa shape index (κ3) is 4.45. The Labute approximate surface area is 151 Å². The molecule has 2 aromatic heterocycles. The number of pyridine rings is 1. The number of ether oxygens (including phenoxy) is 1. The van der Waals surface area contributed by atoms with Gasteiger partial charge in [-0.3, -0.25) is 4.98 Å². The molecule has 0 spiro atoms. The van der Waals surface area contributed by atoms with Crippen LogP contribution in [0.25, 0.3) is 0 Å². The highest BCUT2D eigenvalue weighted by atomic mass is 32.2. The zero-order valence-corrected chi connectivity index (χ0v) is 15.3. The predicted octanol–water partition coefficient (Wildman–Crippen LogP) is 3.41. The van der Waals surface area contributed by atoms with Crippen LogP contribution in [-0.2, 0) is 16.4 Å². The molecular weight excluding hydrogens is 356 g/mol. The Kier molecular flexibility index (Phi) is 5.47. The van der Waals surface area contributed by atoms with Gasteiger partial charge in [0.1, 0.15) is 5.75 Å². The van der Waals surface area contributed by atoms with Crippen molar-refractivity contribution in [3.8, 4) is 5.75 Å². The van der Waals surface area contributed by atoms with Gasteiger partial charge in [-0.25, -0.2) is 13.1 Å². The van der Waals surface area contributed by atoms with Crippen LogP contribution in [0.2, 0.25) is 0 Å². The van der Waals surface area contributed by atoms with Gasteiger partial charge in [0.2, 0.25) is 10.0 Å². The number of benzene rings is 1. The van der Waals surface area contributed by atoms with Gasteiger partial charge in [0, 0.05) is 12.4 Å². The van der Waals surface area contributed by atoms with Gasteiger partial charge in [-0.1, -0.05) is 6.07 Å². The number of rotatable bonds is 7. The summed E-state index contributed by atoms with van der Waals surface area (Å²) in [6.07, 6.45) is 3.92. The van der Waals surface area contributed by atoms with Crippen molar-refractivity contribution in [2.45, 2.75) is 17.4 Å². The molecule has 1 unspecified atom stereocenters. The fraction of sp³-hybridized carbons (Fsp3) is 0.167. The van der Waals surface area contributed by atoms with Crippen molar-refractivity contribution < 1.29 is 13.2 Å². The molecule has 0 bridgehead atoms. The molecule has 2 heterocycles. The number of nitrogens with one attached hydrogen (secondary N) is 1. The van der Waals surface area contributed by atoms with Crippen molar-refractivity contribution >= 4 is 21.4 Å². The summed E-state index contributed by atoms with van der Waals surface area (Å²) in [7, 11) is -2.12. The maximum absolute atomic E-state index is 12.8. The second-order valence-corrected chi connectivity index (χ2v) is 7.97. The van der Waals surface area contributed by atoms with E-state index < -0.39 is 16.1 Å². The Bertz CT molecular complexity index is 893. The van der Waals surface area contributed by atoms with E-state index in [0.29, 0.717) is 12.2 Å². The first-order valence-electron chi connectivity index (χ1n) is 7.66. The molecular formula is C18H18N2O3S2. The Hall–Kier alpha value is -2.22. The van der Waals surface area contributed by atoms with E-state index in [1.165, 1.54) is 12.1 Å². The lowest BCUT2D eigenvalue weighted by atomic mass is 10.0. The lowest BCUT2D eigenvalue weighted by molar-refractivity contribution is 0.414. The summed E-state index contributed by atoms with van der Waals surface area (Å²) in [4.78, 5) is 4.31. The zero-order chi connectivity index (χ0) is 17.7. The van der Waals surface area contributed by atoms with E-state index >= 15 is 0 Å². The molecule has 0 aliphatic rings. The summed E-state index contributed by atoms with van der Waals surface area (Å²) in [5.41, 5.74) is 1.90. The average molecular weight is 374 g/mol. The fourth-order valence-corrected chi connectivity index (χ4v) is 4.37. The lowest BCUT2D eigenvalue weighted by Gasteiger charge is -2.19. The molecule has 25 heavy (non-hydrogen) atoms. The van der Waals surface area contributed by atoms with Crippen molar-refractivity contribution in [3.05, 3.63) is 76.7 Å². The van der Waals surface area contributed by atoms with E-state index in [1.807, 2.05) is 22.9 Å². The topological polar surface area (TPSA) is 68.3 Å². The normalized spacial score (nSPS) is 12.7. The van der Waals surface area contributed by atoms with Crippen LogP contribution in [0, 0.1) is 0 Å². The summed E-state index contributed by atoms with van der Waals surface area (Å²) in [5, 5.41) is 4.00. The molecule has 0 radical (unpaired) electrons. The van der Waals surface area contributed by atoms with Crippen molar-refractivity contribution in [2.24, 2.45) is 0 Å². The summed E-state index contributed by atoms with van der Waals surface area (Å²) < 4.78 is 33.4. The molecule has 3 rings (SSSR count). The van der Waals surface area contributed by atoms with E-state index in [4.69, 9.17) is 4.74 Å². The van der Waals surface area contributed by atoms with Crippen LogP contribution in [0.1, 0.15) is 17.2 Å². The minimum absolute atomic E-state index is 0.201. The van der Waals surface area contributed by atoms with Gasteiger partial charge in [0.05, 0.1) is 18.0 Å². The van der Waals surface area contributed by atoms with Crippen LogP contribution in [0.4, 0.5) is 0 Å². The summed E-state index contributed by atoms with van der Waals surface area (Å²) in [6, 6.07) is 11.6. The highest BCUT2D eigenvalue weighted by molar-refractivity contribution is 7.89. The van der Waals surface area contributed by atoms with Gasteiger partial charge in [0.25, 0.3) is 0 Å². The third-order valence-electron chi connectivity index (χ3n) is 3.77. The van der Waals surface area contributed by atoms with Crippen LogP contribution in [0.15, 0.2) is 70.5 Å². The van der Waals surface area contributed by atoms with E-state index in [0.717, 1.165) is 11.1 Å². The number of hydrogen-bond acceptors (Lipinski definition) is 5. The Balaban J connectivity index is 1.87. The molecule has 0 fully saturated rings. The molecule has 1 aromatic carbocycles. The Morgan fingerprint density at radius 1 is 1.20 bits per heavy atom. The first kappa shape index (κ1) is 17.6. The van der Waals surface area contributed by atoms with Gasteiger partial charge < -0.3 is 4.74 Å². The summed E-state index contributed by atoms with van der Waals surface area (Å²) in [6.45, 7) is 0. The van der Waals surface area contributed by atoms with Crippen LogP contribution in [-0.4, -0.2) is 20.5 Å². The molecule has 1 atom stereocenters. The lowest BCUT2D eigenvalue weighted by Crippen LogP contribution is -2.30. The largest absolute Gasteiger partial charge is 0.497 e. The minimum atomic E-state index is -3.67. The minimum Gasteiger partial charge on any atom is -0.497 e. The summed E-state index contributed by atoms with van der Waals surface area (Å²) >= 11 is 1.59. The second-order valence-electron chi connectivity index (χ2n) is 5.47. The molecule has 0 amide bonds. The van der Waals surface area contributed by atoms with Gasteiger partial charge in [-0.2, -0.15) is 11.3 Å². The maximum Gasteiger partial charge on any atom is 0.241 e. The molecule has 1 N–H and O–H groups in total. The fourth-order valence-electron chi connectivity index (χ4n) is 2.46. The second kappa shape index (κ2) is 7.77. The molecule has 0 saturated carbocycles. The maximum atomic E-state index is 12.8. The molecule has 3 aromatic rings. The van der Waals surface area contributed by atoms with E-state index in [1.54, 1.807) is 49.0 Å². The van der Waals surface area contributed by atoms with Gasteiger partial charge in [0.15, 0.2) is 0 Å². The number of hydrogen-bond donors (Lipinski definition) is 1. The predicted molar refractivity (Wildman–Crippen MR) is 98.3 cm³/mol. The number of thiophene rings is 1. The molecule has 0 aliphatic carbocycles. The van der Waals surface area contributed by atoms with Crippen molar-refractivity contribution in [1.82, 2.24) is 9.71 Å². The van der Waals surface area contributed by atoms with Crippen LogP contribution in [0.3, 0.4) is 0 Å². The molecule has 5 nitrogen and oxygen atoms in total. The van der Waals surface area contributed by atoms with E-state index in [9.17, 15) is 8.42 Å². The van der Waals surface area contributed by atoms with Crippen LogP contribution < -0.4 is 9.46 Å². The number of methoxy groups -OCH3 is 1. The molecule has 0 saturated heterocycles. The first-order chi connectivity index (χ1) is 12.1. The standard InChI is InChI=1S/C18H18N2O3S2/c1-23-16-4-6-17(7-5-16)25(21,22)20-18(11-14-8-10-24-13-14)15-3-2-9-19-12-15/h2-10,12-13,18,20H,11H2,1H3. The molecule has 0 aliphatic heterocycles. The third-order valence-corrected chi connectivity index (χ3v) is 5.99. The van der Waals surface area contributed by atoms with Crippen molar-refractivity contribution in [3.63, 3.8) is 0 Å². The van der Waals surface area contributed by atoms with Gasteiger partial charge in [-0.05, 0) is 64.7 Å². The van der Waals surface area contributed by atoms with E-state index in [2.05, 4.69) is 9.71 Å². The van der Waals surface area contributed by atoms with Gasteiger partial charge in [-0.15, -0.1) is 0 Å². The number of nitrogens with zero attached hydrogens (tertiary/aromatic N) is 1.